The highest BCUT2D eigenvalue weighted by molar-refractivity contribution is 5.80. The Morgan fingerprint density at radius 3 is 2.32 bits per heavy atom. The maximum Gasteiger partial charge on any atom is 0.573 e. The lowest BCUT2D eigenvalue weighted by Gasteiger charge is -2.34. The monoisotopic (exact) mass is 402 g/mol. The van der Waals surface area contributed by atoms with E-state index in [1.807, 2.05) is 6.92 Å². The molecule has 28 heavy (non-hydrogen) atoms. The molecule has 0 saturated carbocycles. The smallest absolute Gasteiger partial charge is 0.453 e. The Kier molecular flexibility index (Phi) is 7.53. The van der Waals surface area contributed by atoms with E-state index in [1.54, 1.807) is 17.0 Å². The molecule has 2 amide bonds. The van der Waals surface area contributed by atoms with Crippen molar-refractivity contribution in [2.75, 3.05) is 26.7 Å². The average molecular weight is 402 g/mol. The summed E-state index contributed by atoms with van der Waals surface area (Å²) in [4.78, 5) is 25.6. The number of piperidine rings is 1. The highest BCUT2D eigenvalue weighted by Gasteiger charge is 2.31. The number of carbonyl (C=O) groups excluding carboxylic acids is 2. The molecular formula is C19H25F3N2O4. The Balaban J connectivity index is 1.87. The van der Waals surface area contributed by atoms with Crippen molar-refractivity contribution in [2.45, 2.75) is 38.5 Å². The number of amides is 2. The lowest BCUT2D eigenvalue weighted by molar-refractivity contribution is -0.274. The van der Waals surface area contributed by atoms with E-state index in [4.69, 9.17) is 0 Å². The summed E-state index contributed by atoms with van der Waals surface area (Å²) in [6.45, 7) is 3.25. The van der Waals surface area contributed by atoms with Crippen LogP contribution in [0.25, 0.3) is 0 Å². The number of carbonyl (C=O) groups is 2. The van der Waals surface area contributed by atoms with Crippen LogP contribution in [-0.4, -0.2) is 50.0 Å². The van der Waals surface area contributed by atoms with Gasteiger partial charge < -0.3 is 19.7 Å². The van der Waals surface area contributed by atoms with E-state index in [9.17, 15) is 22.8 Å². The van der Waals surface area contributed by atoms with Crippen LogP contribution in [0.3, 0.4) is 0 Å². The quantitative estimate of drug-likeness (QED) is 0.788. The van der Waals surface area contributed by atoms with Crippen molar-refractivity contribution in [2.24, 2.45) is 5.92 Å². The molecule has 0 spiro atoms. The zero-order valence-corrected chi connectivity index (χ0v) is 15.9. The average Bonchev–Trinajstić information content (AvgIpc) is 2.67. The third kappa shape index (κ3) is 6.31. The molecule has 1 saturated heterocycles. The molecule has 1 atom stereocenters. The van der Waals surface area contributed by atoms with E-state index in [0.717, 1.165) is 18.4 Å². The second-order valence-corrected chi connectivity index (χ2v) is 6.69. The fraction of sp³-hybridized carbons (Fsp3) is 0.579. The van der Waals surface area contributed by atoms with Gasteiger partial charge in [0.15, 0.2) is 0 Å². The fourth-order valence-electron chi connectivity index (χ4n) is 3.32. The number of rotatable bonds is 6. The van der Waals surface area contributed by atoms with Gasteiger partial charge in [-0.3, -0.25) is 4.79 Å². The standard InChI is InChI=1S/C19H25F3N2O4/c1-3-13(12-23-18(26)27-2)17(25)24-10-8-15(9-11-24)14-4-6-16(7-5-14)28-19(20,21)22/h4-7,13,15H,3,8-12H2,1-2H3,(H,23,26). The van der Waals surface area contributed by atoms with Crippen LogP contribution in [0.1, 0.15) is 37.7 Å². The van der Waals surface area contributed by atoms with E-state index in [2.05, 4.69) is 14.8 Å². The summed E-state index contributed by atoms with van der Waals surface area (Å²) in [6, 6.07) is 5.90. The maximum absolute atomic E-state index is 12.7. The summed E-state index contributed by atoms with van der Waals surface area (Å²) < 4.78 is 45.1. The largest absolute Gasteiger partial charge is 0.573 e. The van der Waals surface area contributed by atoms with E-state index in [-0.39, 0.29) is 30.0 Å². The molecule has 0 bridgehead atoms. The summed E-state index contributed by atoms with van der Waals surface area (Å²) >= 11 is 0. The van der Waals surface area contributed by atoms with Crippen molar-refractivity contribution in [3.63, 3.8) is 0 Å². The third-order valence-electron chi connectivity index (χ3n) is 4.91. The van der Waals surface area contributed by atoms with Crippen molar-refractivity contribution in [3.05, 3.63) is 29.8 Å². The number of benzene rings is 1. The van der Waals surface area contributed by atoms with Crippen molar-refractivity contribution >= 4 is 12.0 Å². The molecular weight excluding hydrogens is 377 g/mol. The Hall–Kier alpha value is -2.45. The van der Waals surface area contributed by atoms with Gasteiger partial charge in [-0.2, -0.15) is 0 Å². The molecule has 0 aromatic heterocycles. The van der Waals surface area contributed by atoms with Gasteiger partial charge in [0.1, 0.15) is 5.75 Å². The van der Waals surface area contributed by atoms with Crippen LogP contribution >= 0.6 is 0 Å². The van der Waals surface area contributed by atoms with Gasteiger partial charge in [0, 0.05) is 19.6 Å². The van der Waals surface area contributed by atoms with Crippen LogP contribution in [-0.2, 0) is 9.53 Å². The van der Waals surface area contributed by atoms with E-state index >= 15 is 0 Å². The summed E-state index contributed by atoms with van der Waals surface area (Å²) in [5, 5.41) is 2.56. The van der Waals surface area contributed by atoms with Crippen molar-refractivity contribution < 1.29 is 32.2 Å². The molecule has 1 unspecified atom stereocenters. The predicted octanol–water partition coefficient (Wildman–Crippen LogP) is 3.67. The minimum Gasteiger partial charge on any atom is -0.453 e. The van der Waals surface area contributed by atoms with Crippen LogP contribution in [0.15, 0.2) is 24.3 Å². The molecule has 1 N–H and O–H groups in total. The zero-order chi connectivity index (χ0) is 20.7. The molecule has 1 heterocycles. The van der Waals surface area contributed by atoms with Gasteiger partial charge in [-0.05, 0) is 42.9 Å². The lowest BCUT2D eigenvalue weighted by Crippen LogP contribution is -2.44. The molecule has 1 aliphatic rings. The highest BCUT2D eigenvalue weighted by Crippen LogP contribution is 2.31. The van der Waals surface area contributed by atoms with Crippen molar-refractivity contribution in [1.82, 2.24) is 10.2 Å². The number of likely N-dealkylation sites (tertiary alicyclic amines) is 1. The molecule has 9 heteroatoms. The zero-order valence-electron chi connectivity index (χ0n) is 15.9. The van der Waals surface area contributed by atoms with E-state index in [0.29, 0.717) is 19.5 Å². The Labute approximate surface area is 162 Å². The van der Waals surface area contributed by atoms with Crippen LogP contribution < -0.4 is 10.1 Å². The predicted molar refractivity (Wildman–Crippen MR) is 95.9 cm³/mol. The van der Waals surface area contributed by atoms with Gasteiger partial charge in [-0.15, -0.1) is 13.2 Å². The van der Waals surface area contributed by atoms with Gasteiger partial charge in [-0.25, -0.2) is 4.79 Å². The number of hydrogen-bond donors (Lipinski definition) is 1. The number of ether oxygens (including phenoxy) is 2. The molecule has 1 fully saturated rings. The Morgan fingerprint density at radius 2 is 1.82 bits per heavy atom. The molecule has 6 nitrogen and oxygen atoms in total. The Bertz CT molecular complexity index is 656. The summed E-state index contributed by atoms with van der Waals surface area (Å²) in [5.74, 6) is -0.384. The number of nitrogens with one attached hydrogen (secondary N) is 1. The molecule has 2 rings (SSSR count). The van der Waals surface area contributed by atoms with Gasteiger partial charge >= 0.3 is 12.5 Å². The van der Waals surface area contributed by atoms with Crippen molar-refractivity contribution in [1.29, 1.82) is 0 Å². The first-order valence-corrected chi connectivity index (χ1v) is 9.19. The maximum atomic E-state index is 12.7. The summed E-state index contributed by atoms with van der Waals surface area (Å²) in [7, 11) is 1.27. The van der Waals surface area contributed by atoms with Gasteiger partial charge in [0.25, 0.3) is 0 Å². The first kappa shape index (κ1) is 21.8. The first-order valence-electron chi connectivity index (χ1n) is 9.19. The topological polar surface area (TPSA) is 67.9 Å². The van der Waals surface area contributed by atoms with Crippen LogP contribution in [0.4, 0.5) is 18.0 Å². The summed E-state index contributed by atoms with van der Waals surface area (Å²) in [5.41, 5.74) is 0.932. The van der Waals surface area contributed by atoms with Crippen molar-refractivity contribution in [3.8, 4) is 5.75 Å². The summed E-state index contributed by atoms with van der Waals surface area (Å²) in [6.07, 6.45) is -3.21. The SMILES string of the molecule is CCC(CNC(=O)OC)C(=O)N1CCC(c2ccc(OC(F)(F)F)cc2)CC1. The normalized spacial score (nSPS) is 16.4. The third-order valence-corrected chi connectivity index (χ3v) is 4.91. The fourth-order valence-corrected chi connectivity index (χ4v) is 3.32. The number of hydrogen-bond acceptors (Lipinski definition) is 4. The van der Waals surface area contributed by atoms with Crippen LogP contribution in [0, 0.1) is 5.92 Å². The molecule has 0 aliphatic carbocycles. The molecule has 1 aliphatic heterocycles. The second kappa shape index (κ2) is 9.66. The number of methoxy groups -OCH3 is 1. The number of alkyl carbamates (subject to hydrolysis) is 1. The number of halogens is 3. The van der Waals surface area contributed by atoms with Gasteiger partial charge in [0.05, 0.1) is 13.0 Å². The van der Waals surface area contributed by atoms with Gasteiger partial charge in [-0.1, -0.05) is 19.1 Å². The number of alkyl halides is 3. The van der Waals surface area contributed by atoms with Crippen LogP contribution in [0.2, 0.25) is 0 Å². The minimum atomic E-state index is -4.70. The van der Waals surface area contributed by atoms with Crippen LogP contribution in [0.5, 0.6) is 5.75 Å². The van der Waals surface area contributed by atoms with E-state index < -0.39 is 12.5 Å². The molecule has 1 aromatic carbocycles. The van der Waals surface area contributed by atoms with Gasteiger partial charge in [0.2, 0.25) is 5.91 Å². The Morgan fingerprint density at radius 1 is 1.21 bits per heavy atom. The molecule has 156 valence electrons. The molecule has 0 radical (unpaired) electrons. The molecule has 1 aromatic rings. The highest BCUT2D eigenvalue weighted by atomic mass is 19.4. The first-order chi connectivity index (χ1) is 13.2. The lowest BCUT2D eigenvalue weighted by atomic mass is 9.89. The second-order valence-electron chi connectivity index (χ2n) is 6.69. The minimum absolute atomic E-state index is 0.00808. The number of nitrogens with zero attached hydrogens (tertiary/aromatic N) is 1. The van der Waals surface area contributed by atoms with E-state index in [1.165, 1.54) is 19.2 Å².